The fourth-order valence-electron chi connectivity index (χ4n) is 2.88. The Morgan fingerprint density at radius 3 is 2.38 bits per heavy atom. The van der Waals surface area contributed by atoms with E-state index < -0.39 is 0 Å². The topological polar surface area (TPSA) is 66.6 Å². The zero-order chi connectivity index (χ0) is 21.0. The van der Waals surface area contributed by atoms with E-state index in [1.807, 2.05) is 87.6 Å². The van der Waals surface area contributed by atoms with Crippen molar-refractivity contribution in [1.82, 2.24) is 14.8 Å². The van der Waals surface area contributed by atoms with Gasteiger partial charge in [-0.05, 0) is 49.0 Å². The minimum Gasteiger partial charge on any atom is -0.378 e. The maximum atomic E-state index is 12.9. The SMILES string of the molecule is Cc1c(NC(=S)NN=Cc2ccc(N(C)C)cc2)c(=O)n(-c2ccccc2)n1C. The molecule has 8 heteroatoms. The van der Waals surface area contributed by atoms with Crippen LogP contribution in [0.25, 0.3) is 5.69 Å². The third-order valence-electron chi connectivity index (χ3n) is 4.58. The highest BCUT2D eigenvalue weighted by Gasteiger charge is 2.16. The first-order valence-corrected chi connectivity index (χ1v) is 9.51. The molecule has 150 valence electrons. The van der Waals surface area contributed by atoms with Crippen LogP contribution in [0.1, 0.15) is 11.3 Å². The van der Waals surface area contributed by atoms with Crippen LogP contribution in [0.2, 0.25) is 0 Å². The van der Waals surface area contributed by atoms with Gasteiger partial charge in [-0.2, -0.15) is 5.10 Å². The fourth-order valence-corrected chi connectivity index (χ4v) is 3.03. The van der Waals surface area contributed by atoms with Crippen LogP contribution in [0.15, 0.2) is 64.5 Å². The van der Waals surface area contributed by atoms with E-state index in [0.717, 1.165) is 22.6 Å². The van der Waals surface area contributed by atoms with E-state index in [1.54, 1.807) is 15.6 Å². The van der Waals surface area contributed by atoms with E-state index in [0.29, 0.717) is 5.69 Å². The minimum absolute atomic E-state index is 0.177. The lowest BCUT2D eigenvalue weighted by Crippen LogP contribution is -2.28. The van der Waals surface area contributed by atoms with E-state index in [4.69, 9.17) is 12.2 Å². The Bertz CT molecular complexity index is 1080. The number of rotatable bonds is 5. The quantitative estimate of drug-likeness (QED) is 0.386. The van der Waals surface area contributed by atoms with Gasteiger partial charge in [0.15, 0.2) is 5.11 Å². The molecule has 2 aromatic carbocycles. The molecule has 29 heavy (non-hydrogen) atoms. The lowest BCUT2D eigenvalue weighted by molar-refractivity contribution is 0.630. The Kier molecular flexibility index (Phi) is 6.13. The summed E-state index contributed by atoms with van der Waals surface area (Å²) in [6.45, 7) is 1.86. The fraction of sp³-hybridized carbons (Fsp3) is 0.190. The summed E-state index contributed by atoms with van der Waals surface area (Å²) in [5.41, 5.74) is 6.61. The molecule has 0 saturated carbocycles. The molecular formula is C21H24N6OS. The maximum Gasteiger partial charge on any atom is 0.295 e. The average Bonchev–Trinajstić information content (AvgIpc) is 2.92. The number of aromatic nitrogens is 2. The second-order valence-corrected chi connectivity index (χ2v) is 7.15. The van der Waals surface area contributed by atoms with Crippen molar-refractivity contribution in [3.63, 3.8) is 0 Å². The van der Waals surface area contributed by atoms with E-state index in [2.05, 4.69) is 15.8 Å². The van der Waals surface area contributed by atoms with Gasteiger partial charge in [0.2, 0.25) is 0 Å². The molecule has 0 spiro atoms. The Morgan fingerprint density at radius 1 is 1.10 bits per heavy atom. The predicted molar refractivity (Wildman–Crippen MR) is 123 cm³/mol. The van der Waals surface area contributed by atoms with Crippen LogP contribution in [-0.4, -0.2) is 34.8 Å². The van der Waals surface area contributed by atoms with Crippen LogP contribution >= 0.6 is 12.2 Å². The van der Waals surface area contributed by atoms with Crippen molar-refractivity contribution in [2.24, 2.45) is 12.1 Å². The van der Waals surface area contributed by atoms with Gasteiger partial charge in [0.1, 0.15) is 5.69 Å². The van der Waals surface area contributed by atoms with Gasteiger partial charge in [-0.1, -0.05) is 30.3 Å². The Hall–Kier alpha value is -3.39. The number of thiocarbonyl (C=S) groups is 1. The highest BCUT2D eigenvalue weighted by atomic mass is 32.1. The number of hydrogen-bond donors (Lipinski definition) is 2. The summed E-state index contributed by atoms with van der Waals surface area (Å²) >= 11 is 5.29. The van der Waals surface area contributed by atoms with Crippen LogP contribution in [0.5, 0.6) is 0 Å². The van der Waals surface area contributed by atoms with Gasteiger partial charge < -0.3 is 10.2 Å². The highest BCUT2D eigenvalue weighted by Crippen LogP contribution is 2.14. The number of nitrogens with one attached hydrogen (secondary N) is 2. The molecule has 0 amide bonds. The molecule has 3 rings (SSSR count). The van der Waals surface area contributed by atoms with E-state index in [1.165, 1.54) is 0 Å². The third-order valence-corrected chi connectivity index (χ3v) is 4.78. The molecule has 0 atom stereocenters. The number of benzene rings is 2. The van der Waals surface area contributed by atoms with Gasteiger partial charge in [0.05, 0.1) is 17.6 Å². The van der Waals surface area contributed by atoms with Crippen LogP contribution < -0.4 is 21.2 Å². The van der Waals surface area contributed by atoms with Crippen LogP contribution in [0.3, 0.4) is 0 Å². The monoisotopic (exact) mass is 408 g/mol. The minimum atomic E-state index is -0.177. The molecule has 1 heterocycles. The van der Waals surface area contributed by atoms with Gasteiger partial charge in [0, 0.05) is 26.8 Å². The molecule has 7 nitrogen and oxygen atoms in total. The summed E-state index contributed by atoms with van der Waals surface area (Å²) in [6.07, 6.45) is 1.67. The Balaban J connectivity index is 1.70. The van der Waals surface area contributed by atoms with Crippen molar-refractivity contribution < 1.29 is 0 Å². The van der Waals surface area contributed by atoms with Crippen molar-refractivity contribution in [3.05, 3.63) is 76.2 Å². The molecule has 1 aromatic heterocycles. The second-order valence-electron chi connectivity index (χ2n) is 6.75. The standard InChI is InChI=1S/C21H24N6OS/c1-15-19(20(28)27(26(15)4)18-8-6-5-7-9-18)23-21(29)24-22-14-16-10-12-17(13-11-16)25(2)3/h5-14H,1-4H3,(H2,23,24,29). The van der Waals surface area contributed by atoms with Crippen molar-refractivity contribution in [3.8, 4) is 5.69 Å². The highest BCUT2D eigenvalue weighted by molar-refractivity contribution is 7.80. The Morgan fingerprint density at radius 2 is 1.76 bits per heavy atom. The lowest BCUT2D eigenvalue weighted by atomic mass is 10.2. The molecule has 0 radical (unpaired) electrons. The predicted octanol–water partition coefficient (Wildman–Crippen LogP) is 2.87. The molecule has 3 aromatic rings. The first kappa shape index (κ1) is 20.3. The first-order chi connectivity index (χ1) is 13.9. The largest absolute Gasteiger partial charge is 0.378 e. The summed E-state index contributed by atoms with van der Waals surface area (Å²) in [5.74, 6) is 0. The van der Waals surface area contributed by atoms with Crippen molar-refractivity contribution in [1.29, 1.82) is 0 Å². The normalized spacial score (nSPS) is 10.9. The summed E-state index contributed by atoms with van der Waals surface area (Å²) in [4.78, 5) is 14.9. The third kappa shape index (κ3) is 4.55. The summed E-state index contributed by atoms with van der Waals surface area (Å²) < 4.78 is 3.38. The average molecular weight is 409 g/mol. The van der Waals surface area contributed by atoms with Gasteiger partial charge in [-0.3, -0.25) is 14.9 Å². The number of hydrogen-bond acceptors (Lipinski definition) is 4. The van der Waals surface area contributed by atoms with E-state index in [9.17, 15) is 4.79 Å². The molecule has 0 aliphatic heterocycles. The van der Waals surface area contributed by atoms with Crippen LogP contribution in [-0.2, 0) is 7.05 Å². The lowest BCUT2D eigenvalue weighted by Gasteiger charge is -2.11. The van der Waals surface area contributed by atoms with Crippen molar-refractivity contribution >= 4 is 34.9 Å². The first-order valence-electron chi connectivity index (χ1n) is 9.10. The molecule has 0 aliphatic rings. The smallest absolute Gasteiger partial charge is 0.295 e. The van der Waals surface area contributed by atoms with Crippen molar-refractivity contribution in [2.45, 2.75) is 6.92 Å². The van der Waals surface area contributed by atoms with E-state index >= 15 is 0 Å². The summed E-state index contributed by atoms with van der Waals surface area (Å²) in [7, 11) is 5.82. The summed E-state index contributed by atoms with van der Waals surface area (Å²) in [6, 6.07) is 17.4. The molecular weight excluding hydrogens is 384 g/mol. The number of hydrazone groups is 1. The van der Waals surface area contributed by atoms with E-state index in [-0.39, 0.29) is 10.7 Å². The number of para-hydroxylation sites is 1. The molecule has 0 unspecified atom stereocenters. The molecule has 2 N–H and O–H groups in total. The van der Waals surface area contributed by atoms with Gasteiger partial charge in [-0.15, -0.1) is 0 Å². The van der Waals surface area contributed by atoms with Crippen LogP contribution in [0, 0.1) is 6.92 Å². The van der Waals surface area contributed by atoms with Gasteiger partial charge >= 0.3 is 0 Å². The molecule has 0 saturated heterocycles. The molecule has 0 bridgehead atoms. The molecule has 0 aliphatic carbocycles. The second kappa shape index (κ2) is 8.74. The number of nitrogens with zero attached hydrogens (tertiary/aromatic N) is 4. The summed E-state index contributed by atoms with van der Waals surface area (Å²) in [5, 5.41) is 7.36. The van der Waals surface area contributed by atoms with Gasteiger partial charge in [0.25, 0.3) is 5.56 Å². The zero-order valence-corrected chi connectivity index (χ0v) is 17.7. The Labute approximate surface area is 175 Å². The van der Waals surface area contributed by atoms with Crippen LogP contribution in [0.4, 0.5) is 11.4 Å². The maximum absolute atomic E-state index is 12.9. The molecule has 0 fully saturated rings. The van der Waals surface area contributed by atoms with Gasteiger partial charge in [-0.25, -0.2) is 4.68 Å². The van der Waals surface area contributed by atoms with Crippen molar-refractivity contribution in [2.75, 3.05) is 24.3 Å². The number of anilines is 2. The zero-order valence-electron chi connectivity index (χ0n) is 16.9.